The zero-order valence-electron chi connectivity index (χ0n) is 27.7. The van der Waals surface area contributed by atoms with Crippen LogP contribution in [0.4, 0.5) is 32.0 Å². The lowest BCUT2D eigenvalue weighted by Crippen LogP contribution is -2.34. The molecule has 2 aromatic carbocycles. The van der Waals surface area contributed by atoms with Crippen molar-refractivity contribution >= 4 is 29.2 Å². The van der Waals surface area contributed by atoms with Gasteiger partial charge in [0.2, 0.25) is 11.8 Å². The van der Waals surface area contributed by atoms with Crippen LogP contribution in [0.2, 0.25) is 0 Å². The number of halogens is 6. The molecule has 3 heterocycles. The maximum absolute atomic E-state index is 13.9. The number of amides is 2. The number of aromatic hydroxyl groups is 1. The van der Waals surface area contributed by atoms with Gasteiger partial charge in [-0.05, 0) is 116 Å². The second-order valence-electron chi connectivity index (χ2n) is 13.3. The molecule has 2 fully saturated rings. The van der Waals surface area contributed by atoms with Gasteiger partial charge in [-0.1, -0.05) is 25.0 Å². The molecule has 1 N–H and O–H groups in total. The fourth-order valence-corrected chi connectivity index (χ4v) is 7.72. The van der Waals surface area contributed by atoms with Gasteiger partial charge in [0, 0.05) is 12.1 Å². The van der Waals surface area contributed by atoms with Crippen molar-refractivity contribution in [2.75, 3.05) is 11.5 Å². The molecule has 0 unspecified atom stereocenters. The van der Waals surface area contributed by atoms with Crippen LogP contribution in [0.1, 0.15) is 72.5 Å². The van der Waals surface area contributed by atoms with Crippen LogP contribution in [-0.4, -0.2) is 34.6 Å². The van der Waals surface area contributed by atoms with Crippen molar-refractivity contribution in [1.82, 2.24) is 4.98 Å². The Morgan fingerprint density at radius 1 is 0.960 bits per heavy atom. The lowest BCUT2D eigenvalue weighted by Gasteiger charge is -2.32. The minimum absolute atomic E-state index is 0.0202. The highest BCUT2D eigenvalue weighted by Gasteiger charge is 2.57. The summed E-state index contributed by atoms with van der Waals surface area (Å²) in [6.07, 6.45) is -4.45. The largest absolute Gasteiger partial charge is 0.507 e. The number of anilines is 1. The van der Waals surface area contributed by atoms with E-state index in [9.17, 15) is 41.0 Å². The third-order valence-corrected chi connectivity index (χ3v) is 9.91. The fourth-order valence-electron chi connectivity index (χ4n) is 7.72. The topological polar surface area (TPSA) is 79.7 Å². The molecule has 3 aromatic rings. The van der Waals surface area contributed by atoms with Crippen LogP contribution < -0.4 is 4.90 Å². The molecule has 4 atom stereocenters. The van der Waals surface area contributed by atoms with Gasteiger partial charge >= 0.3 is 12.4 Å². The number of nitrogens with zero attached hydrogens (tertiary/aromatic N) is 2. The van der Waals surface area contributed by atoms with Crippen LogP contribution in [0.5, 0.6) is 5.75 Å². The fraction of sp³-hybridized carbons (Fsp3) is 0.395. The van der Waals surface area contributed by atoms with Crippen LogP contribution in [0.3, 0.4) is 0 Å². The van der Waals surface area contributed by atoms with E-state index in [1.54, 1.807) is 6.20 Å². The molecule has 0 radical (unpaired) electrons. The molecule has 0 saturated carbocycles. The zero-order valence-corrected chi connectivity index (χ0v) is 27.7. The van der Waals surface area contributed by atoms with E-state index in [1.807, 2.05) is 57.2 Å². The van der Waals surface area contributed by atoms with Gasteiger partial charge in [-0.25, -0.2) is 4.90 Å². The molecule has 6 nitrogen and oxygen atoms in total. The molecule has 1 aliphatic carbocycles. The number of hydrogen-bond acceptors (Lipinski definition) is 5. The number of hydrogen-bond donors (Lipinski definition) is 1. The lowest BCUT2D eigenvalue weighted by molar-refractivity contribution is -0.143. The van der Waals surface area contributed by atoms with Gasteiger partial charge in [0.05, 0.1) is 47.1 Å². The van der Waals surface area contributed by atoms with Crippen molar-refractivity contribution in [1.29, 1.82) is 0 Å². The Morgan fingerprint density at radius 2 is 1.62 bits per heavy atom. The number of aromatic nitrogens is 1. The SMILES string of the molecule is CCCC1=C2[C@@H](CC/C(=C/c3cc(C)c(O)c(C)c3)c3ccccn3)OC[C@@H]2[C@@H]2C(=O)N(c3cc(C(F)(F)F)cc(C(F)(F)F)c3)C(=O)[C@@H]2C1. The van der Waals surface area contributed by atoms with Gasteiger partial charge in [0.15, 0.2) is 0 Å². The number of phenolic OH excluding ortho intramolecular Hbond substituents is 1. The predicted octanol–water partition coefficient (Wildman–Crippen LogP) is 9.08. The smallest absolute Gasteiger partial charge is 0.416 e. The van der Waals surface area contributed by atoms with E-state index in [-0.39, 0.29) is 24.8 Å². The lowest BCUT2D eigenvalue weighted by atomic mass is 9.68. The van der Waals surface area contributed by atoms with E-state index >= 15 is 0 Å². The van der Waals surface area contributed by atoms with Gasteiger partial charge in [-0.3, -0.25) is 14.6 Å². The van der Waals surface area contributed by atoms with Gasteiger partial charge in [-0.2, -0.15) is 26.3 Å². The average molecular weight is 699 g/mol. The summed E-state index contributed by atoms with van der Waals surface area (Å²) in [7, 11) is 0. The molecule has 264 valence electrons. The van der Waals surface area contributed by atoms with Gasteiger partial charge < -0.3 is 9.84 Å². The quantitative estimate of drug-likeness (QED) is 0.144. The molecule has 50 heavy (non-hydrogen) atoms. The van der Waals surface area contributed by atoms with Gasteiger partial charge in [0.25, 0.3) is 0 Å². The Bertz CT molecular complexity index is 1830. The Hall–Kier alpha value is -4.45. The monoisotopic (exact) mass is 698 g/mol. The van der Waals surface area contributed by atoms with E-state index < -0.39 is 64.8 Å². The standard InChI is InChI=1S/C38H36F6N2O4/c1-4-7-24-15-28-33(36(49)46(35(28)48)27-17-25(37(39,40)41)16-26(18-27)38(42,43)44)29-19-50-31(32(24)29)10-9-23(30-8-5-6-11-45-30)14-22-12-20(2)34(47)21(3)13-22/h5-6,8,11-14,16-18,28-29,31,33,47H,4,7,9-10,15,19H2,1-3H3/b23-14-/t28-,29+,31-,33-/m1/s1. The first-order chi connectivity index (χ1) is 23.6. The molecule has 2 aliphatic heterocycles. The number of rotatable bonds is 8. The Balaban J connectivity index is 1.31. The summed E-state index contributed by atoms with van der Waals surface area (Å²) in [5.41, 5.74) is 1.92. The minimum atomic E-state index is -5.13. The second kappa shape index (κ2) is 13.4. The van der Waals surface area contributed by atoms with Gasteiger partial charge in [-0.15, -0.1) is 0 Å². The van der Waals surface area contributed by atoms with E-state index in [2.05, 4.69) is 4.98 Å². The molecular formula is C38H36F6N2O4. The second-order valence-corrected chi connectivity index (χ2v) is 13.3. The predicted molar refractivity (Wildman–Crippen MR) is 175 cm³/mol. The van der Waals surface area contributed by atoms with Crippen LogP contribution in [-0.2, 0) is 26.7 Å². The summed E-state index contributed by atoms with van der Waals surface area (Å²) in [4.78, 5) is 32.8. The van der Waals surface area contributed by atoms with E-state index in [4.69, 9.17) is 4.74 Å². The Labute approximate surface area is 285 Å². The highest BCUT2D eigenvalue weighted by atomic mass is 19.4. The van der Waals surface area contributed by atoms with Crippen molar-refractivity contribution in [3.8, 4) is 5.75 Å². The van der Waals surface area contributed by atoms with Crippen molar-refractivity contribution in [2.24, 2.45) is 17.8 Å². The van der Waals surface area contributed by atoms with Crippen LogP contribution in [0, 0.1) is 31.6 Å². The highest BCUT2D eigenvalue weighted by Crippen LogP contribution is 2.52. The number of aryl methyl sites for hydroxylation is 2. The summed E-state index contributed by atoms with van der Waals surface area (Å²) >= 11 is 0. The Morgan fingerprint density at radius 3 is 2.20 bits per heavy atom. The van der Waals surface area contributed by atoms with Crippen molar-refractivity contribution in [2.45, 2.75) is 71.3 Å². The first-order valence-corrected chi connectivity index (χ1v) is 16.5. The van der Waals surface area contributed by atoms with Gasteiger partial charge in [0.1, 0.15) is 5.75 Å². The molecule has 0 bridgehead atoms. The number of alkyl halides is 6. The number of carbonyl (C=O) groups is 2. The van der Waals surface area contributed by atoms with Crippen LogP contribution in [0.25, 0.3) is 11.6 Å². The first kappa shape index (κ1) is 35.4. The maximum atomic E-state index is 13.9. The Kier molecular flexibility index (Phi) is 9.45. The molecule has 6 rings (SSSR count). The third-order valence-electron chi connectivity index (χ3n) is 9.91. The van der Waals surface area contributed by atoms with Crippen LogP contribution in [0.15, 0.2) is 65.9 Å². The normalized spacial score (nSPS) is 22.7. The average Bonchev–Trinajstić information content (AvgIpc) is 3.59. The molecular weight excluding hydrogens is 662 g/mol. The summed E-state index contributed by atoms with van der Waals surface area (Å²) in [6.45, 7) is 5.71. The highest BCUT2D eigenvalue weighted by molar-refractivity contribution is 6.22. The molecule has 2 amide bonds. The van der Waals surface area contributed by atoms with Crippen molar-refractivity contribution in [3.05, 3.63) is 99.4 Å². The number of fused-ring (bicyclic) bond motifs is 3. The molecule has 0 spiro atoms. The molecule has 3 aliphatic rings. The number of phenols is 1. The number of imide groups is 1. The first-order valence-electron chi connectivity index (χ1n) is 16.5. The summed E-state index contributed by atoms with van der Waals surface area (Å²) in [5.74, 6) is -3.83. The van der Waals surface area contributed by atoms with Crippen LogP contribution >= 0.6 is 0 Å². The number of benzene rings is 2. The van der Waals surface area contributed by atoms with Crippen molar-refractivity contribution < 1.29 is 45.8 Å². The van der Waals surface area contributed by atoms with E-state index in [0.29, 0.717) is 36.3 Å². The van der Waals surface area contributed by atoms with Crippen molar-refractivity contribution in [3.63, 3.8) is 0 Å². The molecule has 12 heteroatoms. The summed E-state index contributed by atoms with van der Waals surface area (Å²) in [6, 6.07) is 10.2. The number of carbonyl (C=O) groups excluding carboxylic acids is 2. The minimum Gasteiger partial charge on any atom is -0.507 e. The van der Waals surface area contributed by atoms with E-state index in [0.717, 1.165) is 45.5 Å². The summed E-state index contributed by atoms with van der Waals surface area (Å²) in [5, 5.41) is 10.3. The molecule has 2 saturated heterocycles. The van der Waals surface area contributed by atoms with E-state index in [1.165, 1.54) is 0 Å². The zero-order chi connectivity index (χ0) is 36.1. The maximum Gasteiger partial charge on any atom is 0.416 e. The summed E-state index contributed by atoms with van der Waals surface area (Å²) < 4.78 is 88.4. The number of allylic oxidation sites excluding steroid dienone is 2. The third kappa shape index (κ3) is 6.69. The number of pyridine rings is 1. The molecule has 1 aromatic heterocycles. The number of ether oxygens (including phenoxy) is 1.